The average molecular weight is 405 g/mol. The van der Waals surface area contributed by atoms with Crippen LogP contribution in [0.25, 0.3) is 0 Å². The fourth-order valence-corrected chi connectivity index (χ4v) is 2.61. The van der Waals surface area contributed by atoms with Gasteiger partial charge in [-0.1, -0.05) is 45.4 Å². The molecule has 0 aromatic carbocycles. The van der Waals surface area contributed by atoms with Crippen molar-refractivity contribution in [2.75, 3.05) is 0 Å². The van der Waals surface area contributed by atoms with Gasteiger partial charge in [0.25, 0.3) is 0 Å². The second-order valence-electron chi connectivity index (χ2n) is 6.85. The van der Waals surface area contributed by atoms with Crippen LogP contribution in [0.5, 0.6) is 0 Å². The summed E-state index contributed by atoms with van der Waals surface area (Å²) in [4.78, 5) is 41.1. The van der Waals surface area contributed by atoms with Crippen LogP contribution in [0.4, 0.5) is 0 Å². The fraction of sp³-hybridized carbons (Fsp3) is 0.800. The maximum Gasteiger partial charge on any atom is 0.306 e. The molecule has 0 saturated heterocycles. The summed E-state index contributed by atoms with van der Waals surface area (Å²) in [6, 6.07) is 0. The highest BCUT2D eigenvalue weighted by Gasteiger charge is 2.13. The number of aliphatic carboxylic acids is 4. The summed E-state index contributed by atoms with van der Waals surface area (Å²) in [5.74, 6) is -3.27. The number of unbranched alkanes of at least 4 members (excludes halogenated alkanes) is 7. The number of hydrogen-bond donors (Lipinski definition) is 4. The van der Waals surface area contributed by atoms with Gasteiger partial charge in [-0.25, -0.2) is 0 Å². The Morgan fingerprint density at radius 3 is 1.18 bits per heavy atom. The first-order valence-corrected chi connectivity index (χ1v) is 10.1. The van der Waals surface area contributed by atoms with Crippen LogP contribution in [0.2, 0.25) is 0 Å². The Labute approximate surface area is 167 Å². The lowest BCUT2D eigenvalue weighted by molar-refractivity contribution is -0.142. The molecule has 164 valence electrons. The Kier molecular flexibility index (Phi) is 19.7. The van der Waals surface area contributed by atoms with Crippen LogP contribution in [0.15, 0.2) is 0 Å². The van der Waals surface area contributed by atoms with E-state index in [4.69, 9.17) is 20.4 Å². The van der Waals surface area contributed by atoms with Crippen molar-refractivity contribution in [1.29, 1.82) is 0 Å². The Morgan fingerprint density at radius 1 is 0.571 bits per heavy atom. The van der Waals surface area contributed by atoms with Gasteiger partial charge in [0.2, 0.25) is 0 Å². The standard InChI is InChI=1S/2C10H18O4/c1-2-8(10(13)14)6-4-3-5-7-9(11)12;11-9(12)7-5-3-1-2-4-6-8-10(13)14/h8H,2-7H2,1H3,(H,11,12)(H,13,14);1-8H2,(H,11,12)(H,13,14). The van der Waals surface area contributed by atoms with E-state index in [0.29, 0.717) is 19.3 Å². The number of rotatable bonds is 17. The van der Waals surface area contributed by atoms with Gasteiger partial charge in [-0.05, 0) is 32.1 Å². The lowest BCUT2D eigenvalue weighted by atomic mass is 9.98. The maximum absolute atomic E-state index is 10.6. The Balaban J connectivity index is 0. The topological polar surface area (TPSA) is 149 Å². The van der Waals surface area contributed by atoms with E-state index in [1.807, 2.05) is 6.92 Å². The second kappa shape index (κ2) is 19.6. The second-order valence-corrected chi connectivity index (χ2v) is 6.85. The summed E-state index contributed by atoms with van der Waals surface area (Å²) in [6.07, 6.45) is 9.56. The summed E-state index contributed by atoms with van der Waals surface area (Å²) in [6.45, 7) is 1.86. The molecule has 0 aliphatic rings. The molecule has 0 aliphatic heterocycles. The van der Waals surface area contributed by atoms with Gasteiger partial charge in [-0.3, -0.25) is 19.2 Å². The van der Waals surface area contributed by atoms with Crippen molar-refractivity contribution in [3.63, 3.8) is 0 Å². The predicted octanol–water partition coefficient (Wildman–Crippen LogP) is 4.41. The Hall–Kier alpha value is -2.12. The summed E-state index contributed by atoms with van der Waals surface area (Å²) in [5, 5.41) is 33.8. The molecule has 0 spiro atoms. The molecule has 8 heteroatoms. The highest BCUT2D eigenvalue weighted by molar-refractivity contribution is 5.69. The van der Waals surface area contributed by atoms with E-state index in [2.05, 4.69) is 0 Å². The molecular weight excluding hydrogens is 368 g/mol. The highest BCUT2D eigenvalue weighted by atomic mass is 16.4. The molecule has 4 N–H and O–H groups in total. The lowest BCUT2D eigenvalue weighted by Gasteiger charge is -2.08. The first-order valence-electron chi connectivity index (χ1n) is 10.1. The van der Waals surface area contributed by atoms with Gasteiger partial charge in [0.1, 0.15) is 0 Å². The zero-order valence-corrected chi connectivity index (χ0v) is 16.9. The molecular formula is C20H36O8. The van der Waals surface area contributed by atoms with Crippen LogP contribution in [-0.2, 0) is 19.2 Å². The SMILES string of the molecule is CCC(CCCCCC(=O)O)C(=O)O.O=C(O)CCCCCCCCC(=O)O. The van der Waals surface area contributed by atoms with E-state index < -0.39 is 23.9 Å². The minimum Gasteiger partial charge on any atom is -0.481 e. The van der Waals surface area contributed by atoms with Crippen molar-refractivity contribution in [2.24, 2.45) is 5.92 Å². The van der Waals surface area contributed by atoms with Gasteiger partial charge in [0, 0.05) is 19.3 Å². The van der Waals surface area contributed by atoms with Crippen molar-refractivity contribution in [2.45, 2.75) is 96.8 Å². The molecule has 0 aromatic heterocycles. The summed E-state index contributed by atoms with van der Waals surface area (Å²) in [7, 11) is 0. The van der Waals surface area contributed by atoms with E-state index in [1.165, 1.54) is 0 Å². The minimum absolute atomic E-state index is 0.184. The molecule has 28 heavy (non-hydrogen) atoms. The normalized spacial score (nSPS) is 11.2. The predicted molar refractivity (Wildman–Crippen MR) is 104 cm³/mol. The Morgan fingerprint density at radius 2 is 0.893 bits per heavy atom. The molecule has 0 saturated carbocycles. The molecule has 1 unspecified atom stereocenters. The van der Waals surface area contributed by atoms with Crippen LogP contribution < -0.4 is 0 Å². The maximum atomic E-state index is 10.6. The van der Waals surface area contributed by atoms with Crippen LogP contribution in [0.1, 0.15) is 96.8 Å². The first kappa shape index (κ1) is 28.1. The van der Waals surface area contributed by atoms with Crippen molar-refractivity contribution in [3.8, 4) is 0 Å². The van der Waals surface area contributed by atoms with Crippen molar-refractivity contribution < 1.29 is 39.6 Å². The van der Waals surface area contributed by atoms with Gasteiger partial charge in [-0.2, -0.15) is 0 Å². The quantitative estimate of drug-likeness (QED) is 0.260. The summed E-state index contributed by atoms with van der Waals surface area (Å²) in [5.41, 5.74) is 0. The highest BCUT2D eigenvalue weighted by Crippen LogP contribution is 2.14. The number of carboxylic acid groups (broad SMARTS) is 4. The van der Waals surface area contributed by atoms with Crippen LogP contribution in [0.3, 0.4) is 0 Å². The average Bonchev–Trinajstić information content (AvgIpc) is 2.60. The molecule has 0 heterocycles. The zero-order chi connectivity index (χ0) is 21.8. The van der Waals surface area contributed by atoms with Crippen molar-refractivity contribution in [1.82, 2.24) is 0 Å². The fourth-order valence-electron chi connectivity index (χ4n) is 2.61. The minimum atomic E-state index is -0.782. The molecule has 0 radical (unpaired) electrons. The zero-order valence-electron chi connectivity index (χ0n) is 16.9. The van der Waals surface area contributed by atoms with E-state index in [9.17, 15) is 19.2 Å². The first-order chi connectivity index (χ1) is 13.2. The molecule has 0 amide bonds. The van der Waals surface area contributed by atoms with Crippen LogP contribution in [-0.4, -0.2) is 44.3 Å². The summed E-state index contributed by atoms with van der Waals surface area (Å²) < 4.78 is 0. The number of carboxylic acids is 4. The molecule has 0 fully saturated rings. The Bertz CT molecular complexity index is 427. The molecule has 0 aromatic rings. The van der Waals surface area contributed by atoms with Gasteiger partial charge in [-0.15, -0.1) is 0 Å². The number of carbonyl (C=O) groups is 4. The van der Waals surface area contributed by atoms with E-state index in [1.54, 1.807) is 0 Å². The van der Waals surface area contributed by atoms with Gasteiger partial charge in [0.15, 0.2) is 0 Å². The summed E-state index contributed by atoms with van der Waals surface area (Å²) >= 11 is 0. The molecule has 0 bridgehead atoms. The van der Waals surface area contributed by atoms with Crippen molar-refractivity contribution >= 4 is 23.9 Å². The molecule has 0 aliphatic carbocycles. The third-order valence-corrected chi connectivity index (χ3v) is 4.32. The van der Waals surface area contributed by atoms with E-state index in [0.717, 1.165) is 51.4 Å². The number of hydrogen-bond acceptors (Lipinski definition) is 4. The molecule has 0 rings (SSSR count). The smallest absolute Gasteiger partial charge is 0.306 e. The molecule has 8 nitrogen and oxygen atoms in total. The van der Waals surface area contributed by atoms with E-state index >= 15 is 0 Å². The van der Waals surface area contributed by atoms with Crippen LogP contribution in [0, 0.1) is 5.92 Å². The monoisotopic (exact) mass is 404 g/mol. The van der Waals surface area contributed by atoms with Gasteiger partial charge in [0.05, 0.1) is 5.92 Å². The van der Waals surface area contributed by atoms with E-state index in [-0.39, 0.29) is 25.2 Å². The lowest BCUT2D eigenvalue weighted by Crippen LogP contribution is -2.12. The van der Waals surface area contributed by atoms with Gasteiger partial charge < -0.3 is 20.4 Å². The third kappa shape index (κ3) is 23.9. The van der Waals surface area contributed by atoms with Gasteiger partial charge >= 0.3 is 23.9 Å². The van der Waals surface area contributed by atoms with Crippen LogP contribution >= 0.6 is 0 Å². The third-order valence-electron chi connectivity index (χ3n) is 4.32. The van der Waals surface area contributed by atoms with Crippen molar-refractivity contribution in [3.05, 3.63) is 0 Å². The largest absolute Gasteiger partial charge is 0.481 e. The molecule has 1 atom stereocenters.